The average Bonchev–Trinajstić information content (AvgIpc) is 2.73. The fourth-order valence-electron chi connectivity index (χ4n) is 2.22. The van der Waals surface area contributed by atoms with Crippen molar-refractivity contribution in [3.8, 4) is 0 Å². The van der Waals surface area contributed by atoms with Crippen molar-refractivity contribution in [1.82, 2.24) is 4.90 Å². The number of hydrogen-bond donors (Lipinski definition) is 0. The minimum atomic E-state index is -0.205. The third kappa shape index (κ3) is 1.35. The summed E-state index contributed by atoms with van der Waals surface area (Å²) in [7, 11) is 1.63. The quantitative estimate of drug-likeness (QED) is 0.602. The Labute approximate surface area is 82.5 Å². The number of rotatable bonds is 2. The molecule has 2 amide bonds. The van der Waals surface area contributed by atoms with E-state index < -0.39 is 0 Å². The van der Waals surface area contributed by atoms with Gasteiger partial charge in [0.25, 0.3) is 11.8 Å². The van der Waals surface area contributed by atoms with Gasteiger partial charge in [0.05, 0.1) is 12.1 Å². The van der Waals surface area contributed by atoms with Crippen molar-refractivity contribution < 1.29 is 14.3 Å². The summed E-state index contributed by atoms with van der Waals surface area (Å²) < 4.78 is 5.26. The zero-order valence-corrected chi connectivity index (χ0v) is 8.10. The Hall–Kier alpha value is -1.16. The van der Waals surface area contributed by atoms with Gasteiger partial charge >= 0.3 is 0 Å². The van der Waals surface area contributed by atoms with Gasteiger partial charge in [0.1, 0.15) is 0 Å². The highest BCUT2D eigenvalue weighted by atomic mass is 16.5. The average molecular weight is 195 g/mol. The van der Waals surface area contributed by atoms with E-state index in [0.29, 0.717) is 0 Å². The van der Waals surface area contributed by atoms with Gasteiger partial charge in [0, 0.05) is 19.3 Å². The van der Waals surface area contributed by atoms with Gasteiger partial charge in [0.2, 0.25) is 0 Å². The molecular weight excluding hydrogens is 182 g/mol. The van der Waals surface area contributed by atoms with Crippen molar-refractivity contribution >= 4 is 11.8 Å². The SMILES string of the molecule is CO[C@H]1CCC[C@@H]1N1C(=O)C=CC1=O. The molecule has 0 aromatic carbocycles. The van der Waals surface area contributed by atoms with E-state index >= 15 is 0 Å². The first-order chi connectivity index (χ1) is 6.74. The molecular formula is C10H13NO3. The summed E-state index contributed by atoms with van der Waals surface area (Å²) in [6.45, 7) is 0. The molecule has 1 saturated carbocycles. The fourth-order valence-corrected chi connectivity index (χ4v) is 2.22. The number of nitrogens with zero attached hydrogens (tertiary/aromatic N) is 1. The van der Waals surface area contributed by atoms with Crippen LogP contribution in [0, 0.1) is 0 Å². The Balaban J connectivity index is 2.14. The molecule has 1 aliphatic carbocycles. The van der Waals surface area contributed by atoms with Crippen LogP contribution < -0.4 is 0 Å². The van der Waals surface area contributed by atoms with E-state index in [4.69, 9.17) is 4.74 Å². The van der Waals surface area contributed by atoms with Crippen LogP contribution in [0.15, 0.2) is 12.2 Å². The van der Waals surface area contributed by atoms with E-state index in [9.17, 15) is 9.59 Å². The second-order valence-electron chi connectivity index (χ2n) is 3.65. The van der Waals surface area contributed by atoms with Crippen molar-refractivity contribution in [2.24, 2.45) is 0 Å². The molecule has 0 radical (unpaired) electrons. The van der Waals surface area contributed by atoms with Crippen LogP contribution in [0.25, 0.3) is 0 Å². The van der Waals surface area contributed by atoms with Gasteiger partial charge in [-0.2, -0.15) is 0 Å². The van der Waals surface area contributed by atoms with E-state index in [2.05, 4.69) is 0 Å². The van der Waals surface area contributed by atoms with Crippen LogP contribution in [-0.2, 0) is 14.3 Å². The molecule has 1 aliphatic heterocycles. The molecule has 1 fully saturated rings. The molecule has 4 nitrogen and oxygen atoms in total. The van der Waals surface area contributed by atoms with Crippen molar-refractivity contribution in [2.45, 2.75) is 31.4 Å². The molecule has 0 aromatic rings. The summed E-state index contributed by atoms with van der Waals surface area (Å²) in [6.07, 6.45) is 5.47. The normalized spacial score (nSPS) is 31.9. The first kappa shape index (κ1) is 9.40. The van der Waals surface area contributed by atoms with Crippen molar-refractivity contribution in [1.29, 1.82) is 0 Å². The van der Waals surface area contributed by atoms with Crippen LogP contribution in [0.1, 0.15) is 19.3 Å². The molecule has 0 aromatic heterocycles. The molecule has 0 spiro atoms. The van der Waals surface area contributed by atoms with Crippen LogP contribution in [0.3, 0.4) is 0 Å². The molecule has 4 heteroatoms. The lowest BCUT2D eigenvalue weighted by Crippen LogP contribution is -2.44. The summed E-state index contributed by atoms with van der Waals surface area (Å²) in [5.41, 5.74) is 0. The Morgan fingerprint density at radius 1 is 1.29 bits per heavy atom. The number of amides is 2. The zero-order valence-electron chi connectivity index (χ0n) is 8.10. The molecule has 0 saturated heterocycles. The highest BCUT2D eigenvalue weighted by Gasteiger charge is 2.38. The lowest BCUT2D eigenvalue weighted by atomic mass is 10.2. The molecule has 0 unspecified atom stereocenters. The summed E-state index contributed by atoms with van der Waals surface area (Å²) >= 11 is 0. The first-order valence-electron chi connectivity index (χ1n) is 4.82. The predicted octanol–water partition coefficient (Wildman–Crippen LogP) is 0.479. The van der Waals surface area contributed by atoms with Gasteiger partial charge in [-0.15, -0.1) is 0 Å². The molecule has 0 N–H and O–H groups in total. The third-order valence-electron chi connectivity index (χ3n) is 2.90. The maximum Gasteiger partial charge on any atom is 0.253 e. The van der Waals surface area contributed by atoms with Crippen LogP contribution in [-0.4, -0.2) is 36.0 Å². The van der Waals surface area contributed by atoms with Crippen molar-refractivity contribution in [3.05, 3.63) is 12.2 Å². The van der Waals surface area contributed by atoms with Crippen LogP contribution in [0.4, 0.5) is 0 Å². The fraction of sp³-hybridized carbons (Fsp3) is 0.600. The van der Waals surface area contributed by atoms with Crippen LogP contribution in [0.5, 0.6) is 0 Å². The maximum atomic E-state index is 11.4. The van der Waals surface area contributed by atoms with Gasteiger partial charge in [-0.1, -0.05) is 0 Å². The summed E-state index contributed by atoms with van der Waals surface area (Å²) in [5, 5.41) is 0. The second-order valence-corrected chi connectivity index (χ2v) is 3.65. The molecule has 2 aliphatic rings. The molecule has 2 rings (SSSR count). The summed E-state index contributed by atoms with van der Waals surface area (Å²) in [4.78, 5) is 24.1. The van der Waals surface area contributed by atoms with Crippen LogP contribution >= 0.6 is 0 Å². The van der Waals surface area contributed by atoms with Crippen LogP contribution in [0.2, 0.25) is 0 Å². The zero-order chi connectivity index (χ0) is 10.1. The Morgan fingerprint density at radius 2 is 1.93 bits per heavy atom. The third-order valence-corrected chi connectivity index (χ3v) is 2.90. The van der Waals surface area contributed by atoms with Gasteiger partial charge in [0.15, 0.2) is 0 Å². The Bertz CT molecular complexity index is 280. The minimum Gasteiger partial charge on any atom is -0.379 e. The standard InChI is InChI=1S/C10H13NO3/c1-14-8-4-2-3-7(8)11-9(12)5-6-10(11)13/h5-8H,2-4H2,1H3/t7-,8-/m0/s1. The molecule has 14 heavy (non-hydrogen) atoms. The van der Waals surface area contributed by atoms with Crippen molar-refractivity contribution in [3.63, 3.8) is 0 Å². The van der Waals surface area contributed by atoms with Gasteiger partial charge in [-0.3, -0.25) is 14.5 Å². The molecule has 1 heterocycles. The largest absolute Gasteiger partial charge is 0.379 e. The topological polar surface area (TPSA) is 46.6 Å². The molecule has 76 valence electrons. The predicted molar refractivity (Wildman–Crippen MR) is 49.4 cm³/mol. The number of imide groups is 1. The van der Waals surface area contributed by atoms with E-state index in [1.54, 1.807) is 7.11 Å². The van der Waals surface area contributed by atoms with E-state index in [-0.39, 0.29) is 24.0 Å². The van der Waals surface area contributed by atoms with Gasteiger partial charge in [-0.05, 0) is 19.3 Å². The van der Waals surface area contributed by atoms with Gasteiger partial charge in [-0.25, -0.2) is 0 Å². The summed E-state index contributed by atoms with van der Waals surface area (Å²) in [5.74, 6) is -0.409. The molecule has 2 atom stereocenters. The Kier molecular flexibility index (Phi) is 2.37. The molecule has 0 bridgehead atoms. The summed E-state index contributed by atoms with van der Waals surface area (Å²) in [6, 6.07) is -0.0602. The van der Waals surface area contributed by atoms with Crippen molar-refractivity contribution in [2.75, 3.05) is 7.11 Å². The monoisotopic (exact) mass is 195 g/mol. The number of carbonyl (C=O) groups is 2. The number of hydrogen-bond acceptors (Lipinski definition) is 3. The highest BCUT2D eigenvalue weighted by molar-refractivity contribution is 6.13. The van der Waals surface area contributed by atoms with E-state index in [0.717, 1.165) is 19.3 Å². The Morgan fingerprint density at radius 3 is 2.50 bits per heavy atom. The maximum absolute atomic E-state index is 11.4. The highest BCUT2D eigenvalue weighted by Crippen LogP contribution is 2.28. The smallest absolute Gasteiger partial charge is 0.253 e. The lowest BCUT2D eigenvalue weighted by Gasteiger charge is -2.26. The minimum absolute atomic E-state index is 0.0165. The van der Waals surface area contributed by atoms with E-state index in [1.807, 2.05) is 0 Å². The number of carbonyl (C=O) groups excluding carboxylic acids is 2. The van der Waals surface area contributed by atoms with Gasteiger partial charge < -0.3 is 4.74 Å². The first-order valence-corrected chi connectivity index (χ1v) is 4.82. The number of methoxy groups -OCH3 is 1. The van der Waals surface area contributed by atoms with E-state index in [1.165, 1.54) is 17.1 Å². The number of ether oxygens (including phenoxy) is 1. The second kappa shape index (κ2) is 3.53. The lowest BCUT2D eigenvalue weighted by molar-refractivity contribution is -0.142.